The summed E-state index contributed by atoms with van der Waals surface area (Å²) in [6, 6.07) is 6.77. The van der Waals surface area contributed by atoms with Crippen molar-refractivity contribution in [2.24, 2.45) is 0 Å². The Hall–Kier alpha value is -1.30. The van der Waals surface area contributed by atoms with E-state index in [2.05, 4.69) is 52.0 Å². The summed E-state index contributed by atoms with van der Waals surface area (Å²) >= 11 is 0. The van der Waals surface area contributed by atoms with E-state index >= 15 is 0 Å². The molecule has 0 radical (unpaired) electrons. The van der Waals surface area contributed by atoms with Crippen LogP contribution in [0.15, 0.2) is 35.4 Å². The largest absolute Gasteiger partial charge is 0.0724 e. The van der Waals surface area contributed by atoms with Crippen LogP contribution in [0.3, 0.4) is 0 Å². The van der Waals surface area contributed by atoms with Crippen molar-refractivity contribution in [1.82, 2.24) is 0 Å². The molecule has 0 aromatic heterocycles. The smallest absolute Gasteiger partial charge is 0.0153 e. The molecule has 2 rings (SSSR count). The summed E-state index contributed by atoms with van der Waals surface area (Å²) < 4.78 is 0. The predicted octanol–water partition coefficient (Wildman–Crippen LogP) is 5.21. The summed E-state index contributed by atoms with van der Waals surface area (Å²) in [7, 11) is 0. The van der Waals surface area contributed by atoms with Gasteiger partial charge in [-0.3, -0.25) is 0 Å². The molecule has 17 heavy (non-hydrogen) atoms. The van der Waals surface area contributed by atoms with Gasteiger partial charge in [0.2, 0.25) is 0 Å². The molecule has 0 aliphatic heterocycles. The zero-order valence-electron chi connectivity index (χ0n) is 11.4. The van der Waals surface area contributed by atoms with Crippen LogP contribution in [0.4, 0.5) is 0 Å². The average molecular weight is 226 g/mol. The number of allylic oxidation sites excluding steroid dienone is 4. The lowest BCUT2D eigenvalue weighted by atomic mass is 9.85. The summed E-state index contributed by atoms with van der Waals surface area (Å²) in [6.07, 6.45) is 6.04. The summed E-state index contributed by atoms with van der Waals surface area (Å²) in [6.45, 7) is 8.91. The molecule has 0 unspecified atom stereocenters. The third-order valence-electron chi connectivity index (χ3n) is 3.70. The maximum Gasteiger partial charge on any atom is -0.0153 e. The molecule has 0 fully saturated rings. The topological polar surface area (TPSA) is 0 Å². The molecule has 0 atom stereocenters. The van der Waals surface area contributed by atoms with E-state index < -0.39 is 0 Å². The van der Waals surface area contributed by atoms with E-state index in [4.69, 9.17) is 0 Å². The fourth-order valence-corrected chi connectivity index (χ4v) is 2.56. The van der Waals surface area contributed by atoms with Gasteiger partial charge in [-0.05, 0) is 56.7 Å². The van der Waals surface area contributed by atoms with Gasteiger partial charge in [-0.2, -0.15) is 0 Å². The molecule has 1 aliphatic rings. The Balaban J connectivity index is 2.57. The first-order valence-corrected chi connectivity index (χ1v) is 6.58. The average Bonchev–Trinajstić information content (AvgIpc) is 2.32. The lowest BCUT2D eigenvalue weighted by molar-refractivity contribution is 0.863. The monoisotopic (exact) mass is 226 g/mol. The van der Waals surface area contributed by atoms with Gasteiger partial charge in [0.05, 0.1) is 0 Å². The van der Waals surface area contributed by atoms with E-state index in [0.29, 0.717) is 0 Å². The van der Waals surface area contributed by atoms with Gasteiger partial charge in [-0.25, -0.2) is 0 Å². The molecule has 1 aromatic carbocycles. The van der Waals surface area contributed by atoms with E-state index in [-0.39, 0.29) is 0 Å². The molecule has 0 saturated heterocycles. The maximum atomic E-state index is 2.39. The van der Waals surface area contributed by atoms with Crippen LogP contribution in [0.25, 0.3) is 5.57 Å². The summed E-state index contributed by atoms with van der Waals surface area (Å²) in [5.41, 5.74) is 8.79. The minimum Gasteiger partial charge on any atom is -0.0724 e. The van der Waals surface area contributed by atoms with E-state index in [1.165, 1.54) is 47.1 Å². The second-order valence-electron chi connectivity index (χ2n) is 5.18. The van der Waals surface area contributed by atoms with Gasteiger partial charge in [0.25, 0.3) is 0 Å². The van der Waals surface area contributed by atoms with Gasteiger partial charge in [0.15, 0.2) is 0 Å². The van der Waals surface area contributed by atoms with Crippen molar-refractivity contribution in [3.05, 3.63) is 52.1 Å². The van der Waals surface area contributed by atoms with Crippen molar-refractivity contribution in [2.75, 3.05) is 0 Å². The summed E-state index contributed by atoms with van der Waals surface area (Å²) in [4.78, 5) is 0. The molecule has 1 aromatic rings. The molecule has 1 aliphatic carbocycles. The standard InChI is InChI=1S/C17H22/c1-5-15-9-7-13(3)11-17(15)16-10-12(2)6-8-14(16)4/h6,8,10-11H,5,7,9H2,1-4H3. The molecule has 0 amide bonds. The minimum absolute atomic E-state index is 1.17. The normalized spacial score (nSPS) is 16.1. The van der Waals surface area contributed by atoms with Crippen molar-refractivity contribution in [3.63, 3.8) is 0 Å². The molecule has 90 valence electrons. The van der Waals surface area contributed by atoms with Crippen molar-refractivity contribution >= 4 is 5.57 Å². The van der Waals surface area contributed by atoms with Crippen molar-refractivity contribution in [3.8, 4) is 0 Å². The van der Waals surface area contributed by atoms with Gasteiger partial charge in [-0.1, -0.05) is 47.9 Å². The Bertz CT molecular complexity index is 487. The fraction of sp³-hybridized carbons (Fsp3) is 0.412. The highest BCUT2D eigenvalue weighted by Gasteiger charge is 2.13. The Labute approximate surface area is 105 Å². The van der Waals surface area contributed by atoms with Crippen LogP contribution in [0.1, 0.15) is 49.8 Å². The van der Waals surface area contributed by atoms with Gasteiger partial charge in [0.1, 0.15) is 0 Å². The Morgan fingerprint density at radius 1 is 1.06 bits per heavy atom. The van der Waals surface area contributed by atoms with Crippen LogP contribution in [0.5, 0.6) is 0 Å². The number of hydrogen-bond acceptors (Lipinski definition) is 0. The van der Waals surface area contributed by atoms with Crippen LogP contribution >= 0.6 is 0 Å². The predicted molar refractivity (Wildman–Crippen MR) is 76.1 cm³/mol. The highest BCUT2D eigenvalue weighted by atomic mass is 14.2. The number of aryl methyl sites for hydroxylation is 2. The lowest BCUT2D eigenvalue weighted by Crippen LogP contribution is -1.99. The highest BCUT2D eigenvalue weighted by Crippen LogP contribution is 2.34. The van der Waals surface area contributed by atoms with E-state index in [1.807, 2.05) is 0 Å². The third-order valence-corrected chi connectivity index (χ3v) is 3.70. The molecular weight excluding hydrogens is 204 g/mol. The van der Waals surface area contributed by atoms with E-state index in [1.54, 1.807) is 5.57 Å². The van der Waals surface area contributed by atoms with E-state index in [9.17, 15) is 0 Å². The molecular formula is C17H22. The number of rotatable bonds is 2. The molecule has 0 N–H and O–H groups in total. The molecule has 0 heteroatoms. The first-order chi connectivity index (χ1) is 8.11. The zero-order chi connectivity index (χ0) is 12.4. The van der Waals surface area contributed by atoms with Crippen LogP contribution < -0.4 is 0 Å². The second-order valence-corrected chi connectivity index (χ2v) is 5.18. The molecule has 0 saturated carbocycles. The SMILES string of the molecule is CCC1=C(c2cc(C)ccc2C)C=C(C)CC1. The van der Waals surface area contributed by atoms with Crippen molar-refractivity contribution in [2.45, 2.75) is 47.0 Å². The van der Waals surface area contributed by atoms with Gasteiger partial charge in [-0.15, -0.1) is 0 Å². The van der Waals surface area contributed by atoms with Gasteiger partial charge >= 0.3 is 0 Å². The minimum atomic E-state index is 1.17. The van der Waals surface area contributed by atoms with Crippen LogP contribution in [-0.4, -0.2) is 0 Å². The lowest BCUT2D eigenvalue weighted by Gasteiger charge is -2.20. The first kappa shape index (κ1) is 12.2. The highest BCUT2D eigenvalue weighted by molar-refractivity contribution is 5.80. The Morgan fingerprint density at radius 2 is 1.82 bits per heavy atom. The third kappa shape index (κ3) is 2.52. The first-order valence-electron chi connectivity index (χ1n) is 6.58. The van der Waals surface area contributed by atoms with Crippen molar-refractivity contribution < 1.29 is 0 Å². The second kappa shape index (κ2) is 4.91. The van der Waals surface area contributed by atoms with Crippen molar-refractivity contribution in [1.29, 1.82) is 0 Å². The molecule has 0 nitrogen and oxygen atoms in total. The van der Waals surface area contributed by atoms with Crippen LogP contribution in [-0.2, 0) is 0 Å². The number of benzene rings is 1. The number of hydrogen-bond donors (Lipinski definition) is 0. The molecule has 0 spiro atoms. The Morgan fingerprint density at radius 3 is 2.53 bits per heavy atom. The fourth-order valence-electron chi connectivity index (χ4n) is 2.56. The maximum absolute atomic E-state index is 2.39. The zero-order valence-corrected chi connectivity index (χ0v) is 11.4. The molecule has 0 heterocycles. The summed E-state index contributed by atoms with van der Waals surface area (Å²) in [5.74, 6) is 0. The van der Waals surface area contributed by atoms with Crippen LogP contribution in [0, 0.1) is 13.8 Å². The van der Waals surface area contributed by atoms with Gasteiger partial charge in [0, 0.05) is 0 Å². The van der Waals surface area contributed by atoms with Gasteiger partial charge < -0.3 is 0 Å². The Kier molecular flexibility index (Phi) is 3.51. The summed E-state index contributed by atoms with van der Waals surface area (Å²) in [5, 5.41) is 0. The van der Waals surface area contributed by atoms with Crippen LogP contribution in [0.2, 0.25) is 0 Å². The quantitative estimate of drug-likeness (QED) is 0.649. The van der Waals surface area contributed by atoms with E-state index in [0.717, 1.165) is 0 Å². The molecule has 0 bridgehead atoms.